The number of rotatable bonds is 7. The van der Waals surface area contributed by atoms with Gasteiger partial charge in [0.05, 0.1) is 19.3 Å². The number of amides is 1. The van der Waals surface area contributed by atoms with Crippen molar-refractivity contribution < 1.29 is 9.53 Å². The van der Waals surface area contributed by atoms with Crippen molar-refractivity contribution in [1.29, 1.82) is 0 Å². The van der Waals surface area contributed by atoms with E-state index in [0.717, 1.165) is 43.2 Å². The number of anilines is 2. The van der Waals surface area contributed by atoms with Crippen LogP contribution in [0.25, 0.3) is 11.1 Å². The summed E-state index contributed by atoms with van der Waals surface area (Å²) in [5.41, 5.74) is 5.50. The predicted octanol–water partition coefficient (Wildman–Crippen LogP) is 4.87. The SMILES string of the molecule is C[C@H](N[C@H](C)c1ccc(-c2ccccc2)cc1)C(=O)Nc1ccc(N2CCOCC2)cc1. The molecule has 4 rings (SSSR count). The Morgan fingerprint density at radius 2 is 1.47 bits per heavy atom. The summed E-state index contributed by atoms with van der Waals surface area (Å²) >= 11 is 0. The molecule has 0 bridgehead atoms. The van der Waals surface area contributed by atoms with Gasteiger partial charge in [0, 0.05) is 30.5 Å². The van der Waals surface area contributed by atoms with E-state index in [-0.39, 0.29) is 18.0 Å². The molecule has 0 aromatic heterocycles. The molecule has 2 atom stereocenters. The molecule has 3 aromatic carbocycles. The topological polar surface area (TPSA) is 53.6 Å². The second-order valence-electron chi connectivity index (χ2n) is 8.23. The molecule has 5 nitrogen and oxygen atoms in total. The van der Waals surface area contributed by atoms with E-state index in [1.807, 2.05) is 37.3 Å². The van der Waals surface area contributed by atoms with Gasteiger partial charge in [-0.3, -0.25) is 10.1 Å². The smallest absolute Gasteiger partial charge is 0.241 e. The second kappa shape index (κ2) is 10.4. The van der Waals surface area contributed by atoms with E-state index in [9.17, 15) is 4.79 Å². The van der Waals surface area contributed by atoms with Crippen molar-refractivity contribution in [2.75, 3.05) is 36.5 Å². The molecular formula is C27H31N3O2. The fourth-order valence-electron chi connectivity index (χ4n) is 3.97. The molecule has 1 aliphatic rings. The summed E-state index contributed by atoms with van der Waals surface area (Å²) in [6, 6.07) is 26.6. The van der Waals surface area contributed by atoms with Crippen LogP contribution in [0.3, 0.4) is 0 Å². The van der Waals surface area contributed by atoms with E-state index >= 15 is 0 Å². The Bertz CT molecular complexity index is 997. The third kappa shape index (κ3) is 5.55. The number of benzene rings is 3. The minimum absolute atomic E-state index is 0.0446. The third-order valence-electron chi connectivity index (χ3n) is 5.92. The van der Waals surface area contributed by atoms with E-state index in [4.69, 9.17) is 4.74 Å². The average Bonchev–Trinajstić information content (AvgIpc) is 2.85. The Labute approximate surface area is 190 Å². The highest BCUT2D eigenvalue weighted by Crippen LogP contribution is 2.22. The van der Waals surface area contributed by atoms with Crippen molar-refractivity contribution in [2.45, 2.75) is 25.9 Å². The lowest BCUT2D eigenvalue weighted by molar-refractivity contribution is -0.117. The summed E-state index contributed by atoms with van der Waals surface area (Å²) in [5.74, 6) is -0.0446. The molecular weight excluding hydrogens is 398 g/mol. The van der Waals surface area contributed by atoms with Crippen molar-refractivity contribution in [3.8, 4) is 11.1 Å². The Kier molecular flexibility index (Phi) is 7.20. The van der Waals surface area contributed by atoms with Crippen LogP contribution in [0.1, 0.15) is 25.5 Å². The number of nitrogens with one attached hydrogen (secondary N) is 2. The number of nitrogens with zero attached hydrogens (tertiary/aromatic N) is 1. The van der Waals surface area contributed by atoms with Crippen LogP contribution in [0.4, 0.5) is 11.4 Å². The molecule has 1 heterocycles. The number of carbonyl (C=O) groups is 1. The monoisotopic (exact) mass is 429 g/mol. The van der Waals surface area contributed by atoms with Crippen molar-refractivity contribution in [3.63, 3.8) is 0 Å². The summed E-state index contributed by atoms with van der Waals surface area (Å²) in [4.78, 5) is 15.0. The molecule has 0 unspecified atom stereocenters. The summed E-state index contributed by atoms with van der Waals surface area (Å²) in [6.45, 7) is 7.29. The molecule has 5 heteroatoms. The lowest BCUT2D eigenvalue weighted by Gasteiger charge is -2.29. The van der Waals surface area contributed by atoms with E-state index in [2.05, 4.69) is 71.0 Å². The molecule has 32 heavy (non-hydrogen) atoms. The Balaban J connectivity index is 1.31. The molecule has 0 aliphatic carbocycles. The lowest BCUT2D eigenvalue weighted by Crippen LogP contribution is -2.39. The van der Waals surface area contributed by atoms with Crippen LogP contribution in [0.15, 0.2) is 78.9 Å². The van der Waals surface area contributed by atoms with Gasteiger partial charge in [-0.25, -0.2) is 0 Å². The summed E-state index contributed by atoms with van der Waals surface area (Å²) < 4.78 is 5.41. The largest absolute Gasteiger partial charge is 0.378 e. The van der Waals surface area contributed by atoms with Gasteiger partial charge in [0.15, 0.2) is 0 Å². The van der Waals surface area contributed by atoms with E-state index in [1.165, 1.54) is 11.1 Å². The minimum atomic E-state index is -0.322. The van der Waals surface area contributed by atoms with Crippen molar-refractivity contribution >= 4 is 17.3 Å². The maximum absolute atomic E-state index is 12.7. The van der Waals surface area contributed by atoms with Gasteiger partial charge >= 0.3 is 0 Å². The van der Waals surface area contributed by atoms with Crippen LogP contribution in [-0.2, 0) is 9.53 Å². The first kappa shape index (κ1) is 22.1. The average molecular weight is 430 g/mol. The zero-order valence-corrected chi connectivity index (χ0v) is 18.8. The zero-order chi connectivity index (χ0) is 22.3. The first-order valence-electron chi connectivity index (χ1n) is 11.3. The molecule has 166 valence electrons. The molecule has 1 saturated heterocycles. The Morgan fingerprint density at radius 1 is 0.844 bits per heavy atom. The number of hydrogen-bond donors (Lipinski definition) is 2. The molecule has 1 fully saturated rings. The number of hydrogen-bond acceptors (Lipinski definition) is 4. The first-order chi connectivity index (χ1) is 15.6. The molecule has 2 N–H and O–H groups in total. The Hall–Kier alpha value is -3.15. The Morgan fingerprint density at radius 3 is 2.12 bits per heavy atom. The fourth-order valence-corrected chi connectivity index (χ4v) is 3.97. The van der Waals surface area contributed by atoms with Crippen LogP contribution < -0.4 is 15.5 Å². The lowest BCUT2D eigenvalue weighted by atomic mass is 10.0. The van der Waals surface area contributed by atoms with Crippen LogP contribution in [0, 0.1) is 0 Å². The highest BCUT2D eigenvalue weighted by Gasteiger charge is 2.17. The van der Waals surface area contributed by atoms with Crippen molar-refractivity contribution in [2.24, 2.45) is 0 Å². The highest BCUT2D eigenvalue weighted by atomic mass is 16.5. The normalized spacial score (nSPS) is 15.8. The van der Waals surface area contributed by atoms with Gasteiger partial charge < -0.3 is 15.0 Å². The van der Waals surface area contributed by atoms with Gasteiger partial charge in [-0.05, 0) is 54.8 Å². The molecule has 1 amide bonds. The quantitative estimate of drug-likeness (QED) is 0.563. The summed E-state index contributed by atoms with van der Waals surface area (Å²) in [7, 11) is 0. The standard InChI is InChI=1S/C27H31N3O2/c1-20(22-8-10-24(11-9-22)23-6-4-3-5-7-23)28-21(2)27(31)29-25-12-14-26(15-13-25)30-16-18-32-19-17-30/h3-15,20-21,28H,16-19H2,1-2H3,(H,29,31)/t20-,21+/m1/s1. The van der Waals surface area contributed by atoms with Crippen LogP contribution in [-0.4, -0.2) is 38.3 Å². The predicted molar refractivity (Wildman–Crippen MR) is 131 cm³/mol. The van der Waals surface area contributed by atoms with E-state index in [1.54, 1.807) is 0 Å². The fraction of sp³-hybridized carbons (Fsp3) is 0.296. The van der Waals surface area contributed by atoms with Gasteiger partial charge in [-0.15, -0.1) is 0 Å². The summed E-state index contributed by atoms with van der Waals surface area (Å²) in [5, 5.41) is 6.42. The number of carbonyl (C=O) groups excluding carboxylic acids is 1. The van der Waals surface area contributed by atoms with Gasteiger partial charge in [-0.2, -0.15) is 0 Å². The molecule has 0 spiro atoms. The minimum Gasteiger partial charge on any atom is -0.378 e. The molecule has 0 saturated carbocycles. The van der Waals surface area contributed by atoms with Crippen LogP contribution >= 0.6 is 0 Å². The van der Waals surface area contributed by atoms with Gasteiger partial charge in [0.2, 0.25) is 5.91 Å². The second-order valence-corrected chi connectivity index (χ2v) is 8.23. The number of ether oxygens (including phenoxy) is 1. The highest BCUT2D eigenvalue weighted by molar-refractivity contribution is 5.94. The molecule has 3 aromatic rings. The van der Waals surface area contributed by atoms with Crippen LogP contribution in [0.5, 0.6) is 0 Å². The maximum Gasteiger partial charge on any atom is 0.241 e. The third-order valence-corrected chi connectivity index (χ3v) is 5.92. The first-order valence-corrected chi connectivity index (χ1v) is 11.3. The van der Waals surface area contributed by atoms with Gasteiger partial charge in [0.25, 0.3) is 0 Å². The number of morpholine rings is 1. The van der Waals surface area contributed by atoms with Gasteiger partial charge in [0.1, 0.15) is 0 Å². The van der Waals surface area contributed by atoms with Crippen molar-refractivity contribution in [3.05, 3.63) is 84.4 Å². The molecule has 1 aliphatic heterocycles. The maximum atomic E-state index is 12.7. The summed E-state index contributed by atoms with van der Waals surface area (Å²) in [6.07, 6.45) is 0. The van der Waals surface area contributed by atoms with Crippen molar-refractivity contribution in [1.82, 2.24) is 5.32 Å². The van der Waals surface area contributed by atoms with Gasteiger partial charge in [-0.1, -0.05) is 54.6 Å². The van der Waals surface area contributed by atoms with Crippen LogP contribution in [0.2, 0.25) is 0 Å². The zero-order valence-electron chi connectivity index (χ0n) is 18.8. The molecule has 0 radical (unpaired) electrons. The van der Waals surface area contributed by atoms with E-state index < -0.39 is 0 Å². The van der Waals surface area contributed by atoms with E-state index in [0.29, 0.717) is 0 Å².